The van der Waals surface area contributed by atoms with Crippen LogP contribution in [0, 0.1) is 5.92 Å². The van der Waals surface area contributed by atoms with E-state index in [0.29, 0.717) is 6.54 Å². The summed E-state index contributed by atoms with van der Waals surface area (Å²) in [5.74, 6) is 1.67. The minimum atomic E-state index is 0.450. The molecule has 2 N–H and O–H groups in total. The van der Waals surface area contributed by atoms with E-state index in [1.807, 2.05) is 6.07 Å². The number of aromatic nitrogens is 1. The van der Waals surface area contributed by atoms with Crippen molar-refractivity contribution in [2.24, 2.45) is 11.7 Å². The fourth-order valence-electron chi connectivity index (χ4n) is 2.39. The lowest BCUT2D eigenvalue weighted by molar-refractivity contribution is 0.110. The Labute approximate surface area is 109 Å². The summed E-state index contributed by atoms with van der Waals surface area (Å²) in [7, 11) is 0. The molecule has 102 valence electrons. The Morgan fingerprint density at radius 2 is 1.94 bits per heavy atom. The van der Waals surface area contributed by atoms with Crippen LogP contribution in [0.5, 0.6) is 0 Å². The van der Waals surface area contributed by atoms with Crippen molar-refractivity contribution in [1.29, 1.82) is 0 Å². The van der Waals surface area contributed by atoms with Gasteiger partial charge in [-0.25, -0.2) is 0 Å². The molecule has 0 radical (unpaired) electrons. The first-order valence-electron chi connectivity index (χ1n) is 6.76. The van der Waals surface area contributed by atoms with Gasteiger partial charge in [-0.05, 0) is 5.92 Å². The van der Waals surface area contributed by atoms with Crippen LogP contribution in [0.25, 0.3) is 0 Å². The summed E-state index contributed by atoms with van der Waals surface area (Å²) in [4.78, 5) is 4.95. The minimum absolute atomic E-state index is 0.450. The van der Waals surface area contributed by atoms with Crippen molar-refractivity contribution in [1.82, 2.24) is 15.0 Å². The molecule has 1 saturated heterocycles. The third-order valence-electron chi connectivity index (χ3n) is 3.28. The largest absolute Gasteiger partial charge is 0.360 e. The summed E-state index contributed by atoms with van der Waals surface area (Å²) in [6, 6.07) is 1.96. The van der Waals surface area contributed by atoms with Crippen LogP contribution in [0.15, 0.2) is 10.6 Å². The predicted molar refractivity (Wildman–Crippen MR) is 70.9 cm³/mol. The highest BCUT2D eigenvalue weighted by atomic mass is 16.5. The summed E-state index contributed by atoms with van der Waals surface area (Å²) in [5, 5.41) is 3.92. The van der Waals surface area contributed by atoms with E-state index in [2.05, 4.69) is 28.8 Å². The van der Waals surface area contributed by atoms with E-state index in [1.54, 1.807) is 0 Å². The molecule has 0 unspecified atom stereocenters. The van der Waals surface area contributed by atoms with Gasteiger partial charge in [0.05, 0.1) is 12.2 Å². The van der Waals surface area contributed by atoms with Crippen molar-refractivity contribution in [2.45, 2.75) is 26.9 Å². The molecule has 0 aliphatic carbocycles. The van der Waals surface area contributed by atoms with Gasteiger partial charge >= 0.3 is 0 Å². The van der Waals surface area contributed by atoms with Crippen molar-refractivity contribution in [3.05, 3.63) is 17.5 Å². The number of hydrogen-bond acceptors (Lipinski definition) is 5. The highest BCUT2D eigenvalue weighted by molar-refractivity contribution is 5.04. The Balaban J connectivity index is 1.76. The highest BCUT2D eigenvalue weighted by Gasteiger charge is 2.18. The van der Waals surface area contributed by atoms with Gasteiger partial charge in [-0.2, -0.15) is 0 Å². The molecular weight excluding hydrogens is 228 g/mol. The summed E-state index contributed by atoms with van der Waals surface area (Å²) in [5.41, 5.74) is 6.35. The molecule has 0 bridgehead atoms. The summed E-state index contributed by atoms with van der Waals surface area (Å²) >= 11 is 0. The molecule has 0 saturated carbocycles. The number of nitrogens with zero attached hydrogens (tertiary/aromatic N) is 3. The van der Waals surface area contributed by atoms with E-state index in [4.69, 9.17) is 10.3 Å². The second kappa shape index (κ2) is 6.31. The Bertz CT molecular complexity index is 356. The maximum absolute atomic E-state index is 5.52. The molecule has 1 aliphatic heterocycles. The van der Waals surface area contributed by atoms with E-state index in [1.165, 1.54) is 6.54 Å². The van der Waals surface area contributed by atoms with Gasteiger partial charge in [-0.1, -0.05) is 19.0 Å². The van der Waals surface area contributed by atoms with Crippen LogP contribution in [0.2, 0.25) is 0 Å². The van der Waals surface area contributed by atoms with E-state index in [0.717, 1.165) is 50.1 Å². The molecule has 1 aromatic rings. The van der Waals surface area contributed by atoms with Crippen molar-refractivity contribution in [3.63, 3.8) is 0 Å². The smallest absolute Gasteiger partial charge is 0.151 e. The van der Waals surface area contributed by atoms with E-state index < -0.39 is 0 Å². The SMILES string of the molecule is CC(C)CN1CCN(Cc2cc(CN)no2)CC1. The van der Waals surface area contributed by atoms with E-state index in [-0.39, 0.29) is 0 Å². The molecule has 0 aromatic carbocycles. The number of piperazine rings is 1. The minimum Gasteiger partial charge on any atom is -0.360 e. The summed E-state index contributed by atoms with van der Waals surface area (Å²) in [6.07, 6.45) is 0. The molecule has 5 heteroatoms. The molecule has 1 aromatic heterocycles. The van der Waals surface area contributed by atoms with Crippen molar-refractivity contribution in [2.75, 3.05) is 32.7 Å². The van der Waals surface area contributed by atoms with Crippen LogP contribution in [0.3, 0.4) is 0 Å². The summed E-state index contributed by atoms with van der Waals surface area (Å²) < 4.78 is 5.26. The average Bonchev–Trinajstić information content (AvgIpc) is 2.79. The van der Waals surface area contributed by atoms with Gasteiger partial charge in [0.25, 0.3) is 0 Å². The Morgan fingerprint density at radius 1 is 1.28 bits per heavy atom. The van der Waals surface area contributed by atoms with Gasteiger partial charge in [0.1, 0.15) is 0 Å². The first kappa shape index (κ1) is 13.5. The maximum atomic E-state index is 5.52. The maximum Gasteiger partial charge on any atom is 0.151 e. The second-order valence-electron chi connectivity index (χ2n) is 5.46. The molecule has 1 fully saturated rings. The Morgan fingerprint density at radius 3 is 2.50 bits per heavy atom. The molecule has 2 heterocycles. The van der Waals surface area contributed by atoms with Gasteiger partial charge in [0.15, 0.2) is 5.76 Å². The molecule has 1 aliphatic rings. The number of hydrogen-bond donors (Lipinski definition) is 1. The number of nitrogens with two attached hydrogens (primary N) is 1. The molecule has 2 rings (SSSR count). The summed E-state index contributed by atoms with van der Waals surface area (Å²) in [6.45, 7) is 11.6. The van der Waals surface area contributed by atoms with Crippen LogP contribution in [-0.2, 0) is 13.1 Å². The molecule has 5 nitrogen and oxygen atoms in total. The monoisotopic (exact) mass is 252 g/mol. The lowest BCUT2D eigenvalue weighted by Crippen LogP contribution is -2.46. The molecule has 0 atom stereocenters. The van der Waals surface area contributed by atoms with Crippen LogP contribution in [0.4, 0.5) is 0 Å². The van der Waals surface area contributed by atoms with E-state index in [9.17, 15) is 0 Å². The zero-order valence-electron chi connectivity index (χ0n) is 11.4. The normalized spacial score (nSPS) is 18.7. The van der Waals surface area contributed by atoms with Gasteiger partial charge in [0, 0.05) is 45.3 Å². The van der Waals surface area contributed by atoms with Gasteiger partial charge < -0.3 is 15.2 Å². The quantitative estimate of drug-likeness (QED) is 0.844. The zero-order chi connectivity index (χ0) is 13.0. The van der Waals surface area contributed by atoms with Crippen LogP contribution >= 0.6 is 0 Å². The molecule has 18 heavy (non-hydrogen) atoms. The first-order valence-corrected chi connectivity index (χ1v) is 6.76. The van der Waals surface area contributed by atoms with Crippen LogP contribution in [0.1, 0.15) is 25.3 Å². The molecular formula is C13H24N4O. The lowest BCUT2D eigenvalue weighted by atomic mass is 10.2. The van der Waals surface area contributed by atoms with Gasteiger partial charge in [-0.3, -0.25) is 4.90 Å². The standard InChI is InChI=1S/C13H24N4O/c1-11(2)9-16-3-5-17(6-4-16)10-13-7-12(8-14)15-18-13/h7,11H,3-6,8-10,14H2,1-2H3. The Kier molecular flexibility index (Phi) is 4.74. The topological polar surface area (TPSA) is 58.5 Å². The third-order valence-corrected chi connectivity index (χ3v) is 3.28. The lowest BCUT2D eigenvalue weighted by Gasteiger charge is -2.34. The number of rotatable bonds is 5. The highest BCUT2D eigenvalue weighted by Crippen LogP contribution is 2.10. The van der Waals surface area contributed by atoms with Crippen LogP contribution < -0.4 is 5.73 Å². The first-order chi connectivity index (χ1) is 8.67. The van der Waals surface area contributed by atoms with Crippen molar-refractivity contribution >= 4 is 0 Å². The predicted octanol–water partition coefficient (Wildman–Crippen LogP) is 0.907. The van der Waals surface area contributed by atoms with Gasteiger partial charge in [-0.15, -0.1) is 0 Å². The van der Waals surface area contributed by atoms with Crippen LogP contribution in [-0.4, -0.2) is 47.7 Å². The van der Waals surface area contributed by atoms with Crippen molar-refractivity contribution in [3.8, 4) is 0 Å². The fraction of sp³-hybridized carbons (Fsp3) is 0.769. The average molecular weight is 252 g/mol. The second-order valence-corrected chi connectivity index (χ2v) is 5.46. The molecule has 0 spiro atoms. The third kappa shape index (κ3) is 3.80. The van der Waals surface area contributed by atoms with Gasteiger partial charge in [0.2, 0.25) is 0 Å². The zero-order valence-corrected chi connectivity index (χ0v) is 11.4. The van der Waals surface area contributed by atoms with Crippen molar-refractivity contribution < 1.29 is 4.52 Å². The Hall–Kier alpha value is -0.910. The van der Waals surface area contributed by atoms with E-state index >= 15 is 0 Å². The molecule has 0 amide bonds. The fourth-order valence-corrected chi connectivity index (χ4v) is 2.39.